The van der Waals surface area contributed by atoms with Crippen LogP contribution in [0.3, 0.4) is 0 Å². The molecule has 0 saturated carbocycles. The van der Waals surface area contributed by atoms with Crippen molar-refractivity contribution in [1.29, 1.82) is 5.26 Å². The van der Waals surface area contributed by atoms with Gasteiger partial charge < -0.3 is 0 Å². The van der Waals surface area contributed by atoms with Crippen molar-refractivity contribution in [3.63, 3.8) is 0 Å². The molecule has 0 aliphatic heterocycles. The van der Waals surface area contributed by atoms with E-state index >= 15 is 0 Å². The molecular weight excluding hydrogens is 160 g/mol. The molecule has 0 radical (unpaired) electrons. The van der Waals surface area contributed by atoms with Crippen LogP contribution in [0.1, 0.15) is 44.9 Å². The largest absolute Gasteiger partial charge is 0.261 e. The third-order valence-corrected chi connectivity index (χ3v) is 1.50. The van der Waals surface area contributed by atoms with E-state index in [2.05, 4.69) is 24.9 Å². The quantitative estimate of drug-likeness (QED) is 0.659. The first-order valence-corrected chi connectivity index (χ1v) is 4.60. The number of nitrogens with zero attached hydrogens (tertiary/aromatic N) is 2. The minimum atomic E-state index is 0.392. The summed E-state index contributed by atoms with van der Waals surface area (Å²) in [5.74, 6) is 0.392. The number of rotatable bonds is 1. The zero-order chi connectivity index (χ0) is 10.3. The summed E-state index contributed by atoms with van der Waals surface area (Å²) in [4.78, 5) is 4.14. The molecule has 0 unspecified atom stereocenters. The Hall–Kier alpha value is -1.36. The summed E-state index contributed by atoms with van der Waals surface area (Å²) in [6.45, 7) is 8.12. The Balaban J connectivity index is 0.000000671. The molecule has 0 spiro atoms. The van der Waals surface area contributed by atoms with Crippen molar-refractivity contribution in [3.05, 3.63) is 29.6 Å². The lowest BCUT2D eigenvalue weighted by Gasteiger charge is -2.02. The highest BCUT2D eigenvalue weighted by molar-refractivity contribution is 5.29. The van der Waals surface area contributed by atoms with Crippen LogP contribution in [-0.2, 0) is 0 Å². The monoisotopic (exact) mass is 176 g/mol. The minimum Gasteiger partial charge on any atom is -0.261 e. The van der Waals surface area contributed by atoms with Gasteiger partial charge in [-0.1, -0.05) is 27.7 Å². The summed E-state index contributed by atoms with van der Waals surface area (Å²) in [6.07, 6.45) is 1.67. The highest BCUT2D eigenvalue weighted by Gasteiger charge is 1.99. The Bertz CT molecular complexity index is 284. The zero-order valence-corrected chi connectivity index (χ0v) is 8.70. The summed E-state index contributed by atoms with van der Waals surface area (Å²) < 4.78 is 0. The van der Waals surface area contributed by atoms with Crippen molar-refractivity contribution in [2.45, 2.75) is 33.6 Å². The van der Waals surface area contributed by atoms with E-state index in [9.17, 15) is 0 Å². The summed E-state index contributed by atoms with van der Waals surface area (Å²) in [5.41, 5.74) is 1.66. The second-order valence-electron chi connectivity index (χ2n) is 2.74. The first-order valence-electron chi connectivity index (χ1n) is 4.60. The maximum atomic E-state index is 8.57. The van der Waals surface area contributed by atoms with E-state index in [0.717, 1.165) is 5.69 Å². The third kappa shape index (κ3) is 3.71. The molecule has 0 saturated heterocycles. The van der Waals surface area contributed by atoms with E-state index in [4.69, 9.17) is 5.26 Å². The minimum absolute atomic E-state index is 0.392. The molecule has 1 heterocycles. The lowest BCUT2D eigenvalue weighted by molar-refractivity contribution is 0.822. The SMILES string of the molecule is CC.CC(C)c1cc(C#N)ccn1. The number of aromatic nitrogens is 1. The van der Waals surface area contributed by atoms with Crippen LogP contribution in [0.15, 0.2) is 18.3 Å². The molecule has 0 fully saturated rings. The van der Waals surface area contributed by atoms with Gasteiger partial charge in [0.2, 0.25) is 0 Å². The molecule has 13 heavy (non-hydrogen) atoms. The summed E-state index contributed by atoms with van der Waals surface area (Å²) in [5, 5.41) is 8.57. The van der Waals surface area contributed by atoms with Gasteiger partial charge in [0.1, 0.15) is 0 Å². The van der Waals surface area contributed by atoms with Crippen molar-refractivity contribution in [2.24, 2.45) is 0 Å². The van der Waals surface area contributed by atoms with Gasteiger partial charge in [0.15, 0.2) is 0 Å². The summed E-state index contributed by atoms with van der Waals surface area (Å²) >= 11 is 0. The van der Waals surface area contributed by atoms with Gasteiger partial charge in [-0.3, -0.25) is 4.98 Å². The molecule has 0 amide bonds. The fourth-order valence-corrected chi connectivity index (χ4v) is 0.834. The predicted octanol–water partition coefficient (Wildman–Crippen LogP) is 3.10. The Morgan fingerprint density at radius 3 is 2.46 bits per heavy atom. The lowest BCUT2D eigenvalue weighted by atomic mass is 10.1. The van der Waals surface area contributed by atoms with Gasteiger partial charge >= 0.3 is 0 Å². The maximum absolute atomic E-state index is 8.57. The van der Waals surface area contributed by atoms with Crippen molar-refractivity contribution in [3.8, 4) is 6.07 Å². The molecule has 1 aromatic rings. The van der Waals surface area contributed by atoms with Crippen molar-refractivity contribution in [1.82, 2.24) is 4.98 Å². The molecule has 1 rings (SSSR count). The zero-order valence-electron chi connectivity index (χ0n) is 8.70. The summed E-state index contributed by atoms with van der Waals surface area (Å²) in [7, 11) is 0. The van der Waals surface area contributed by atoms with Gasteiger partial charge in [-0.05, 0) is 18.1 Å². The number of hydrogen-bond acceptors (Lipinski definition) is 2. The Kier molecular flexibility index (Phi) is 5.54. The average Bonchev–Trinajstić information content (AvgIpc) is 2.21. The summed E-state index contributed by atoms with van der Waals surface area (Å²) in [6, 6.07) is 5.62. The van der Waals surface area contributed by atoms with Gasteiger partial charge in [0.25, 0.3) is 0 Å². The molecular formula is C11H16N2. The predicted molar refractivity (Wildman–Crippen MR) is 54.4 cm³/mol. The van der Waals surface area contributed by atoms with Crippen LogP contribution < -0.4 is 0 Å². The average molecular weight is 176 g/mol. The molecule has 0 bridgehead atoms. The first kappa shape index (κ1) is 11.6. The van der Waals surface area contributed by atoms with Gasteiger partial charge in [0.05, 0.1) is 11.6 Å². The van der Waals surface area contributed by atoms with Gasteiger partial charge in [-0.15, -0.1) is 0 Å². The fourth-order valence-electron chi connectivity index (χ4n) is 0.834. The molecule has 0 aromatic carbocycles. The maximum Gasteiger partial charge on any atom is 0.0992 e. The van der Waals surface area contributed by atoms with Crippen LogP contribution in [0, 0.1) is 11.3 Å². The molecule has 0 aliphatic carbocycles. The second-order valence-corrected chi connectivity index (χ2v) is 2.74. The van der Waals surface area contributed by atoms with Gasteiger partial charge in [0, 0.05) is 11.9 Å². The van der Waals surface area contributed by atoms with E-state index < -0.39 is 0 Å². The third-order valence-electron chi connectivity index (χ3n) is 1.50. The Labute approximate surface area is 80.2 Å². The number of hydrogen-bond donors (Lipinski definition) is 0. The van der Waals surface area contributed by atoms with E-state index in [1.165, 1.54) is 0 Å². The highest BCUT2D eigenvalue weighted by atomic mass is 14.7. The second kappa shape index (κ2) is 6.19. The highest BCUT2D eigenvalue weighted by Crippen LogP contribution is 2.11. The lowest BCUT2D eigenvalue weighted by Crippen LogP contribution is -1.91. The van der Waals surface area contributed by atoms with Crippen molar-refractivity contribution < 1.29 is 0 Å². The molecule has 0 N–H and O–H groups in total. The molecule has 1 aromatic heterocycles. The standard InChI is InChI=1S/C9H10N2.C2H6/c1-7(2)9-5-8(6-10)3-4-11-9;1-2/h3-5,7H,1-2H3;1-2H3. The molecule has 2 heteroatoms. The Morgan fingerprint density at radius 2 is 2.00 bits per heavy atom. The fraction of sp³-hybridized carbons (Fsp3) is 0.455. The first-order chi connectivity index (χ1) is 6.24. The van der Waals surface area contributed by atoms with E-state index in [-0.39, 0.29) is 0 Å². The van der Waals surface area contributed by atoms with Gasteiger partial charge in [-0.25, -0.2) is 0 Å². The van der Waals surface area contributed by atoms with E-state index in [1.807, 2.05) is 19.9 Å². The molecule has 0 atom stereocenters. The van der Waals surface area contributed by atoms with Crippen LogP contribution >= 0.6 is 0 Å². The van der Waals surface area contributed by atoms with Crippen LogP contribution in [0.5, 0.6) is 0 Å². The number of pyridine rings is 1. The van der Waals surface area contributed by atoms with Crippen LogP contribution in [0.2, 0.25) is 0 Å². The smallest absolute Gasteiger partial charge is 0.0992 e. The molecule has 70 valence electrons. The van der Waals surface area contributed by atoms with E-state index in [1.54, 1.807) is 12.3 Å². The Morgan fingerprint density at radius 1 is 1.38 bits per heavy atom. The van der Waals surface area contributed by atoms with Crippen molar-refractivity contribution in [2.75, 3.05) is 0 Å². The van der Waals surface area contributed by atoms with Crippen molar-refractivity contribution >= 4 is 0 Å². The number of nitriles is 1. The van der Waals surface area contributed by atoms with Gasteiger partial charge in [-0.2, -0.15) is 5.26 Å². The van der Waals surface area contributed by atoms with Crippen LogP contribution in [-0.4, -0.2) is 4.98 Å². The van der Waals surface area contributed by atoms with Crippen LogP contribution in [0.4, 0.5) is 0 Å². The molecule has 0 aliphatic rings. The normalized spacial score (nSPS) is 8.62. The topological polar surface area (TPSA) is 36.7 Å². The van der Waals surface area contributed by atoms with Crippen LogP contribution in [0.25, 0.3) is 0 Å². The van der Waals surface area contributed by atoms with E-state index in [0.29, 0.717) is 11.5 Å². The molecule has 2 nitrogen and oxygen atoms in total.